The number of carbonyl (C=O) groups is 1. The third-order valence-corrected chi connectivity index (χ3v) is 5.27. The molecule has 0 radical (unpaired) electrons. The molecule has 3 rings (SSSR count). The van der Waals surface area contributed by atoms with Crippen molar-refractivity contribution in [2.45, 2.75) is 56.9 Å². The van der Waals surface area contributed by atoms with Gasteiger partial charge in [-0.3, -0.25) is 9.69 Å². The molecule has 1 aromatic carbocycles. The van der Waals surface area contributed by atoms with E-state index in [1.165, 1.54) is 11.1 Å². The summed E-state index contributed by atoms with van der Waals surface area (Å²) in [7, 11) is 0. The van der Waals surface area contributed by atoms with Gasteiger partial charge >= 0.3 is 0 Å². The number of nitrogens with zero attached hydrogens (tertiary/aromatic N) is 1. The van der Waals surface area contributed by atoms with Crippen molar-refractivity contribution < 1.29 is 13.6 Å². The van der Waals surface area contributed by atoms with Crippen molar-refractivity contribution >= 4 is 5.91 Å². The lowest BCUT2D eigenvalue weighted by atomic mass is 9.81. The lowest BCUT2D eigenvalue weighted by Gasteiger charge is -2.32. The second kappa shape index (κ2) is 8.06. The Hall–Kier alpha value is -1.49. The van der Waals surface area contributed by atoms with Gasteiger partial charge in [0.25, 0.3) is 6.43 Å². The lowest BCUT2D eigenvalue weighted by molar-refractivity contribution is -0.122. The maximum Gasteiger partial charge on any atom is 0.251 e. The standard InChI is InChI=1S/C19H26F2N2O/c20-18(21)13-23-10-8-16(9-11-23)22-19(24)12-15-6-3-5-14-4-1-2-7-17(14)15/h1-2,4,7,15-16,18H,3,5-6,8-13H2,(H,22,24)/t15-/m1/s1. The summed E-state index contributed by atoms with van der Waals surface area (Å²) in [6.07, 6.45) is 3.10. The number of likely N-dealkylation sites (tertiary alicyclic amines) is 1. The van der Waals surface area contributed by atoms with Gasteiger partial charge in [0.2, 0.25) is 5.91 Å². The van der Waals surface area contributed by atoms with Crippen molar-refractivity contribution in [3.8, 4) is 0 Å². The van der Waals surface area contributed by atoms with Crippen LogP contribution in [0.25, 0.3) is 0 Å². The Morgan fingerprint density at radius 1 is 1.21 bits per heavy atom. The summed E-state index contributed by atoms with van der Waals surface area (Å²) in [5.74, 6) is 0.415. The number of aryl methyl sites for hydroxylation is 1. The largest absolute Gasteiger partial charge is 0.353 e. The third-order valence-electron chi connectivity index (χ3n) is 5.27. The van der Waals surface area contributed by atoms with Gasteiger partial charge in [0.05, 0.1) is 6.54 Å². The number of carbonyl (C=O) groups excluding carboxylic acids is 1. The van der Waals surface area contributed by atoms with E-state index in [0.717, 1.165) is 32.1 Å². The molecule has 24 heavy (non-hydrogen) atoms. The number of hydrogen-bond acceptors (Lipinski definition) is 2. The van der Waals surface area contributed by atoms with Crippen LogP contribution >= 0.6 is 0 Å². The first-order valence-electron chi connectivity index (χ1n) is 8.99. The van der Waals surface area contributed by atoms with Crippen LogP contribution in [-0.2, 0) is 11.2 Å². The Bertz CT molecular complexity index is 556. The summed E-state index contributed by atoms with van der Waals surface area (Å²) in [6, 6.07) is 8.56. The smallest absolute Gasteiger partial charge is 0.251 e. The molecule has 1 aliphatic carbocycles. The fourth-order valence-corrected chi connectivity index (χ4v) is 4.03. The number of amides is 1. The van der Waals surface area contributed by atoms with E-state index in [0.29, 0.717) is 25.4 Å². The fourth-order valence-electron chi connectivity index (χ4n) is 4.03. The Morgan fingerprint density at radius 2 is 1.96 bits per heavy atom. The number of hydrogen-bond donors (Lipinski definition) is 1. The molecule has 5 heteroatoms. The average Bonchev–Trinajstić information content (AvgIpc) is 2.56. The van der Waals surface area contributed by atoms with Gasteiger partial charge in [-0.15, -0.1) is 0 Å². The minimum Gasteiger partial charge on any atom is -0.353 e. The van der Waals surface area contributed by atoms with Gasteiger partial charge in [0, 0.05) is 25.6 Å². The minimum absolute atomic E-state index is 0.101. The molecule has 0 saturated carbocycles. The normalized spacial score (nSPS) is 22.4. The number of alkyl halides is 2. The SMILES string of the molecule is O=C(C[C@H]1CCCc2ccccc21)NC1CCN(CC(F)F)CC1. The molecule has 132 valence electrons. The number of piperidine rings is 1. The first-order valence-corrected chi connectivity index (χ1v) is 8.99. The molecule has 0 bridgehead atoms. The summed E-state index contributed by atoms with van der Waals surface area (Å²) >= 11 is 0. The first kappa shape index (κ1) is 17.3. The molecule has 1 amide bonds. The van der Waals surface area contributed by atoms with Crippen LogP contribution in [0, 0.1) is 0 Å². The highest BCUT2D eigenvalue weighted by atomic mass is 19.3. The van der Waals surface area contributed by atoms with E-state index in [9.17, 15) is 13.6 Å². The summed E-state index contributed by atoms with van der Waals surface area (Å²) in [6.45, 7) is 1.13. The highest BCUT2D eigenvalue weighted by Gasteiger charge is 2.25. The summed E-state index contributed by atoms with van der Waals surface area (Å²) in [4.78, 5) is 14.2. The van der Waals surface area contributed by atoms with Crippen molar-refractivity contribution in [1.29, 1.82) is 0 Å². The number of benzene rings is 1. The summed E-state index contributed by atoms with van der Waals surface area (Å²) in [5, 5.41) is 3.12. The molecule has 1 heterocycles. The van der Waals surface area contributed by atoms with E-state index in [1.54, 1.807) is 4.90 Å². The van der Waals surface area contributed by atoms with Gasteiger partial charge in [-0.25, -0.2) is 8.78 Å². The van der Waals surface area contributed by atoms with Crippen molar-refractivity contribution in [3.63, 3.8) is 0 Å². The van der Waals surface area contributed by atoms with Crippen molar-refractivity contribution in [3.05, 3.63) is 35.4 Å². The Kier molecular flexibility index (Phi) is 5.82. The number of rotatable bonds is 5. The first-order chi connectivity index (χ1) is 11.6. The zero-order valence-electron chi connectivity index (χ0n) is 14.0. The maximum absolute atomic E-state index is 12.4. The molecular weight excluding hydrogens is 310 g/mol. The molecule has 0 spiro atoms. The monoisotopic (exact) mass is 336 g/mol. The van der Waals surface area contributed by atoms with Gasteiger partial charge in [-0.1, -0.05) is 24.3 Å². The van der Waals surface area contributed by atoms with E-state index in [2.05, 4.69) is 23.5 Å². The van der Waals surface area contributed by atoms with Gasteiger partial charge in [0.1, 0.15) is 0 Å². The second-order valence-electron chi connectivity index (χ2n) is 7.03. The van der Waals surface area contributed by atoms with Crippen LogP contribution < -0.4 is 5.32 Å². The Balaban J connectivity index is 1.47. The van der Waals surface area contributed by atoms with Crippen LogP contribution in [0.5, 0.6) is 0 Å². The molecule has 1 aliphatic heterocycles. The second-order valence-corrected chi connectivity index (χ2v) is 7.03. The summed E-state index contributed by atoms with van der Waals surface area (Å²) in [5.41, 5.74) is 2.70. The molecule has 1 saturated heterocycles. The molecule has 0 aromatic heterocycles. The minimum atomic E-state index is -2.28. The summed E-state index contributed by atoms with van der Waals surface area (Å²) < 4.78 is 24.8. The molecule has 2 aliphatic rings. The zero-order valence-corrected chi connectivity index (χ0v) is 14.0. The highest BCUT2D eigenvalue weighted by Crippen LogP contribution is 2.33. The van der Waals surface area contributed by atoms with Crippen LogP contribution in [0.1, 0.15) is 49.1 Å². The fraction of sp³-hybridized carbons (Fsp3) is 0.632. The predicted octanol–water partition coefficient (Wildman–Crippen LogP) is 3.34. The Labute approximate surface area is 142 Å². The third kappa shape index (κ3) is 4.53. The van der Waals surface area contributed by atoms with E-state index >= 15 is 0 Å². The van der Waals surface area contributed by atoms with Gasteiger partial charge in [-0.2, -0.15) is 0 Å². The molecule has 0 unspecified atom stereocenters. The molecule has 1 N–H and O–H groups in total. The van der Waals surface area contributed by atoms with Gasteiger partial charge in [-0.05, 0) is 49.1 Å². The highest BCUT2D eigenvalue weighted by molar-refractivity contribution is 5.77. The van der Waals surface area contributed by atoms with Crippen LogP contribution in [0.15, 0.2) is 24.3 Å². The molecule has 1 atom stereocenters. The predicted molar refractivity (Wildman–Crippen MR) is 90.3 cm³/mol. The van der Waals surface area contributed by atoms with Crippen molar-refractivity contribution in [2.75, 3.05) is 19.6 Å². The van der Waals surface area contributed by atoms with E-state index in [-0.39, 0.29) is 18.5 Å². The Morgan fingerprint density at radius 3 is 2.71 bits per heavy atom. The number of nitrogens with one attached hydrogen (secondary N) is 1. The number of halogens is 2. The van der Waals surface area contributed by atoms with Crippen LogP contribution in [0.4, 0.5) is 8.78 Å². The van der Waals surface area contributed by atoms with E-state index in [4.69, 9.17) is 0 Å². The molecular formula is C19H26F2N2O. The molecule has 1 aromatic rings. The lowest BCUT2D eigenvalue weighted by Crippen LogP contribution is -2.46. The van der Waals surface area contributed by atoms with Gasteiger partial charge < -0.3 is 5.32 Å². The van der Waals surface area contributed by atoms with Crippen LogP contribution in [0.3, 0.4) is 0 Å². The molecule has 3 nitrogen and oxygen atoms in total. The number of fused-ring (bicyclic) bond motifs is 1. The van der Waals surface area contributed by atoms with Crippen LogP contribution in [-0.4, -0.2) is 42.9 Å². The van der Waals surface area contributed by atoms with Crippen molar-refractivity contribution in [1.82, 2.24) is 10.2 Å². The van der Waals surface area contributed by atoms with Crippen LogP contribution in [0.2, 0.25) is 0 Å². The maximum atomic E-state index is 12.4. The van der Waals surface area contributed by atoms with E-state index in [1.807, 2.05) is 6.07 Å². The van der Waals surface area contributed by atoms with E-state index < -0.39 is 6.43 Å². The average molecular weight is 336 g/mol. The molecule has 1 fully saturated rings. The van der Waals surface area contributed by atoms with Crippen molar-refractivity contribution in [2.24, 2.45) is 0 Å². The quantitative estimate of drug-likeness (QED) is 0.894. The van der Waals surface area contributed by atoms with Gasteiger partial charge in [0.15, 0.2) is 0 Å². The zero-order chi connectivity index (χ0) is 16.9. The topological polar surface area (TPSA) is 32.3 Å².